The molecule has 9 heteroatoms. The fraction of sp³-hybridized carbons (Fsp3) is 0.286. The summed E-state index contributed by atoms with van der Waals surface area (Å²) in [6.07, 6.45) is -3.59. The summed E-state index contributed by atoms with van der Waals surface area (Å²) < 4.78 is 44.9. The quantitative estimate of drug-likeness (QED) is 0.364. The third-order valence-corrected chi connectivity index (χ3v) is 6.47. The summed E-state index contributed by atoms with van der Waals surface area (Å²) in [6.45, 7) is 1.87. The number of carboxylic acids is 1. The minimum absolute atomic E-state index is 0.0235. The Morgan fingerprint density at radius 3 is 2.43 bits per heavy atom. The maximum atomic E-state index is 13.4. The van der Waals surface area contributed by atoms with Gasteiger partial charge in [-0.1, -0.05) is 35.9 Å². The van der Waals surface area contributed by atoms with Crippen LogP contribution in [0.2, 0.25) is 5.02 Å². The molecule has 194 valence electrons. The normalized spacial score (nSPS) is 16.7. The fourth-order valence-corrected chi connectivity index (χ4v) is 4.73. The SMILES string of the molecule is C[C@@]1(Cc2cccc(Cl)c2)Cc2cc(C(=O)N(CCC(=O)O)Cc3ccc(C(F)(F)F)cc3)ccc2O1. The zero-order valence-electron chi connectivity index (χ0n) is 20.0. The zero-order valence-corrected chi connectivity index (χ0v) is 20.8. The first-order valence-corrected chi connectivity index (χ1v) is 12.0. The molecule has 0 aliphatic carbocycles. The standard InChI is InChI=1S/C28H25ClF3NO4/c1-27(15-19-3-2-4-23(29)13-19)16-21-14-20(7-10-24(21)37-27)26(36)33(12-11-25(34)35)17-18-5-8-22(9-6-18)28(30,31)32/h2-10,13-14H,11-12,15-17H2,1H3,(H,34,35)/t27-/m1/s1. The number of aliphatic carboxylic acids is 1. The number of fused-ring (bicyclic) bond motifs is 1. The Morgan fingerprint density at radius 2 is 1.78 bits per heavy atom. The predicted octanol–water partition coefficient (Wildman–Crippen LogP) is 6.41. The van der Waals surface area contributed by atoms with E-state index in [1.54, 1.807) is 24.3 Å². The number of carboxylic acid groups (broad SMARTS) is 1. The molecule has 5 nitrogen and oxygen atoms in total. The number of nitrogens with zero attached hydrogens (tertiary/aromatic N) is 1. The van der Waals surface area contributed by atoms with Gasteiger partial charge in [-0.05, 0) is 66.1 Å². The van der Waals surface area contributed by atoms with Gasteiger partial charge in [0.25, 0.3) is 5.91 Å². The lowest BCUT2D eigenvalue weighted by Gasteiger charge is -2.24. The second-order valence-corrected chi connectivity index (χ2v) is 9.86. The molecule has 3 aromatic carbocycles. The van der Waals surface area contributed by atoms with E-state index in [4.69, 9.17) is 21.4 Å². The molecule has 4 rings (SSSR count). The molecule has 37 heavy (non-hydrogen) atoms. The summed E-state index contributed by atoms with van der Waals surface area (Å²) in [5, 5.41) is 9.78. The van der Waals surface area contributed by atoms with Crippen molar-refractivity contribution in [1.29, 1.82) is 0 Å². The van der Waals surface area contributed by atoms with Gasteiger partial charge >= 0.3 is 12.1 Å². The molecular weight excluding hydrogens is 507 g/mol. The van der Waals surface area contributed by atoms with Gasteiger partial charge in [0, 0.05) is 36.5 Å². The van der Waals surface area contributed by atoms with Crippen LogP contribution in [0.3, 0.4) is 0 Å². The van der Waals surface area contributed by atoms with Gasteiger partial charge in [0.2, 0.25) is 0 Å². The van der Waals surface area contributed by atoms with Crippen molar-refractivity contribution in [1.82, 2.24) is 4.90 Å². The van der Waals surface area contributed by atoms with Gasteiger partial charge in [-0.2, -0.15) is 13.2 Å². The number of amides is 1. The van der Waals surface area contributed by atoms with Gasteiger partial charge in [0.1, 0.15) is 11.4 Å². The van der Waals surface area contributed by atoms with Crippen LogP contribution in [-0.2, 0) is 30.4 Å². The van der Waals surface area contributed by atoms with E-state index >= 15 is 0 Å². The smallest absolute Gasteiger partial charge is 0.416 e. The number of carbonyl (C=O) groups is 2. The van der Waals surface area contributed by atoms with E-state index in [1.165, 1.54) is 17.0 Å². The van der Waals surface area contributed by atoms with E-state index in [-0.39, 0.29) is 19.5 Å². The summed E-state index contributed by atoms with van der Waals surface area (Å²) >= 11 is 6.11. The average Bonchev–Trinajstić information content (AvgIpc) is 3.15. The zero-order chi connectivity index (χ0) is 26.8. The van der Waals surface area contributed by atoms with Crippen molar-refractivity contribution in [2.75, 3.05) is 6.54 Å². The number of ether oxygens (including phenoxy) is 1. The van der Waals surface area contributed by atoms with Crippen LogP contribution in [0.15, 0.2) is 66.7 Å². The highest BCUT2D eigenvalue weighted by atomic mass is 35.5. The van der Waals surface area contributed by atoms with Gasteiger partial charge in [0.15, 0.2) is 0 Å². The number of halogens is 4. The maximum absolute atomic E-state index is 13.4. The highest BCUT2D eigenvalue weighted by molar-refractivity contribution is 6.30. The number of rotatable bonds is 8. The molecule has 1 aliphatic heterocycles. The third-order valence-electron chi connectivity index (χ3n) is 6.23. The summed E-state index contributed by atoms with van der Waals surface area (Å²) in [5.74, 6) is -0.822. The van der Waals surface area contributed by atoms with Gasteiger partial charge in [-0.25, -0.2) is 0 Å². The van der Waals surface area contributed by atoms with Crippen LogP contribution in [0.1, 0.15) is 46.0 Å². The van der Waals surface area contributed by atoms with E-state index in [0.29, 0.717) is 34.7 Å². The molecule has 0 saturated heterocycles. The van der Waals surface area contributed by atoms with Crippen LogP contribution in [0, 0.1) is 0 Å². The summed E-state index contributed by atoms with van der Waals surface area (Å²) in [7, 11) is 0. The summed E-state index contributed by atoms with van der Waals surface area (Å²) in [6, 6.07) is 17.1. The first kappa shape index (κ1) is 26.5. The highest BCUT2D eigenvalue weighted by Crippen LogP contribution is 2.38. The molecule has 0 aromatic heterocycles. The first-order valence-electron chi connectivity index (χ1n) is 11.7. The Kier molecular flexibility index (Phi) is 7.50. The van der Waals surface area contributed by atoms with Crippen molar-refractivity contribution in [3.05, 3.63) is 99.6 Å². The molecule has 1 aliphatic rings. The van der Waals surface area contributed by atoms with Crippen molar-refractivity contribution in [2.45, 2.75) is 44.5 Å². The van der Waals surface area contributed by atoms with E-state index in [2.05, 4.69) is 0 Å². The molecule has 0 saturated carbocycles. The van der Waals surface area contributed by atoms with Crippen molar-refractivity contribution in [2.24, 2.45) is 0 Å². The molecule has 1 amide bonds. The number of hydrogen-bond donors (Lipinski definition) is 1. The van der Waals surface area contributed by atoms with Gasteiger partial charge in [0.05, 0.1) is 12.0 Å². The van der Waals surface area contributed by atoms with Crippen LogP contribution < -0.4 is 4.74 Å². The molecule has 0 unspecified atom stereocenters. The Morgan fingerprint density at radius 1 is 1.05 bits per heavy atom. The minimum atomic E-state index is -4.47. The number of carbonyl (C=O) groups excluding carboxylic acids is 1. The lowest BCUT2D eigenvalue weighted by atomic mass is 9.91. The highest BCUT2D eigenvalue weighted by Gasteiger charge is 2.36. The topological polar surface area (TPSA) is 66.8 Å². The van der Waals surface area contributed by atoms with E-state index in [9.17, 15) is 22.8 Å². The molecule has 0 fully saturated rings. The molecule has 1 heterocycles. The second-order valence-electron chi connectivity index (χ2n) is 9.42. The van der Waals surface area contributed by atoms with Crippen LogP contribution in [0.4, 0.5) is 13.2 Å². The monoisotopic (exact) mass is 531 g/mol. The Hall–Kier alpha value is -3.52. The molecule has 0 radical (unpaired) electrons. The average molecular weight is 532 g/mol. The van der Waals surface area contributed by atoms with E-state index in [1.807, 2.05) is 25.1 Å². The van der Waals surface area contributed by atoms with Gasteiger partial charge < -0.3 is 14.7 Å². The third kappa shape index (κ3) is 6.63. The molecule has 0 spiro atoms. The molecule has 3 aromatic rings. The minimum Gasteiger partial charge on any atom is -0.487 e. The molecule has 1 N–H and O–H groups in total. The number of benzene rings is 3. The second kappa shape index (κ2) is 10.5. The van der Waals surface area contributed by atoms with Crippen molar-refractivity contribution in [3.63, 3.8) is 0 Å². The molecule has 1 atom stereocenters. The maximum Gasteiger partial charge on any atom is 0.416 e. The Bertz CT molecular complexity index is 1310. The van der Waals surface area contributed by atoms with Gasteiger partial charge in [-0.3, -0.25) is 9.59 Å². The Balaban J connectivity index is 1.52. The van der Waals surface area contributed by atoms with Crippen LogP contribution >= 0.6 is 11.6 Å². The van der Waals surface area contributed by atoms with E-state index in [0.717, 1.165) is 23.3 Å². The summed E-state index contributed by atoms with van der Waals surface area (Å²) in [4.78, 5) is 25.9. The number of alkyl halides is 3. The fourth-order valence-electron chi connectivity index (χ4n) is 4.52. The molecule has 0 bridgehead atoms. The largest absolute Gasteiger partial charge is 0.487 e. The van der Waals surface area contributed by atoms with Crippen molar-refractivity contribution in [3.8, 4) is 5.75 Å². The lowest BCUT2D eigenvalue weighted by Crippen LogP contribution is -2.33. The van der Waals surface area contributed by atoms with Crippen molar-refractivity contribution < 1.29 is 32.6 Å². The van der Waals surface area contributed by atoms with Crippen LogP contribution in [-0.4, -0.2) is 34.0 Å². The van der Waals surface area contributed by atoms with Crippen LogP contribution in [0.5, 0.6) is 5.75 Å². The summed E-state index contributed by atoms with van der Waals surface area (Å²) in [5.41, 5.74) is 1.37. The number of hydrogen-bond acceptors (Lipinski definition) is 3. The molecular formula is C28H25ClF3NO4. The predicted molar refractivity (Wildman–Crippen MR) is 133 cm³/mol. The lowest BCUT2D eigenvalue weighted by molar-refractivity contribution is -0.138. The van der Waals surface area contributed by atoms with Crippen LogP contribution in [0.25, 0.3) is 0 Å². The first-order chi connectivity index (χ1) is 17.4. The van der Waals surface area contributed by atoms with Gasteiger partial charge in [-0.15, -0.1) is 0 Å². The van der Waals surface area contributed by atoms with Crippen molar-refractivity contribution >= 4 is 23.5 Å². The Labute approximate surface area is 217 Å². The van der Waals surface area contributed by atoms with E-state index < -0.39 is 29.2 Å².